The second-order valence-corrected chi connectivity index (χ2v) is 6.59. The number of hydrogen-bond acceptors (Lipinski definition) is 3. The summed E-state index contributed by atoms with van der Waals surface area (Å²) in [4.78, 5) is 23.6. The Morgan fingerprint density at radius 3 is 1.83 bits per heavy atom. The Morgan fingerprint density at radius 2 is 1.24 bits per heavy atom. The topological polar surface area (TPSA) is 86.6 Å². The minimum Gasteiger partial charge on any atom is -0.507 e. The summed E-state index contributed by atoms with van der Waals surface area (Å²) in [5.41, 5.74) is 2.98. The molecule has 4 rings (SSSR count). The number of phenolic OH excluding ortho intramolecular Hbond substituents is 1. The van der Waals surface area contributed by atoms with Crippen molar-refractivity contribution in [2.75, 3.05) is 5.32 Å². The molecule has 0 aromatic heterocycles. The maximum absolute atomic E-state index is 12.7. The quantitative estimate of drug-likeness (QED) is 0.454. The fourth-order valence-electron chi connectivity index (χ4n) is 3.24. The van der Waals surface area contributed by atoms with Gasteiger partial charge < -0.3 is 15.5 Å². The minimum absolute atomic E-state index is 0.110. The van der Waals surface area contributed by atoms with Gasteiger partial charge in [0.1, 0.15) is 5.75 Å². The van der Waals surface area contributed by atoms with Gasteiger partial charge in [0.05, 0.1) is 11.3 Å². The van der Waals surface area contributed by atoms with Crippen LogP contribution in [-0.4, -0.2) is 22.1 Å². The zero-order chi connectivity index (χ0) is 20.4. The molecule has 3 N–H and O–H groups in total. The molecule has 0 atom stereocenters. The maximum Gasteiger partial charge on any atom is 0.335 e. The number of aromatic carboxylic acids is 1. The minimum atomic E-state index is -0.969. The molecule has 0 saturated heterocycles. The lowest BCUT2D eigenvalue weighted by Gasteiger charge is -2.10. The van der Waals surface area contributed by atoms with E-state index in [0.29, 0.717) is 16.6 Å². The van der Waals surface area contributed by atoms with Gasteiger partial charge in [0, 0.05) is 10.9 Å². The third-order valence-electron chi connectivity index (χ3n) is 4.74. The summed E-state index contributed by atoms with van der Waals surface area (Å²) in [6.07, 6.45) is 0. The van der Waals surface area contributed by atoms with Gasteiger partial charge in [-0.3, -0.25) is 4.79 Å². The Kier molecular flexibility index (Phi) is 4.71. The lowest BCUT2D eigenvalue weighted by molar-refractivity contribution is 0.0696. The lowest BCUT2D eigenvalue weighted by atomic mass is 10.0. The van der Waals surface area contributed by atoms with Gasteiger partial charge in [0.15, 0.2) is 0 Å². The molecule has 0 heterocycles. The van der Waals surface area contributed by atoms with Crippen molar-refractivity contribution in [1.29, 1.82) is 0 Å². The third kappa shape index (κ3) is 3.66. The van der Waals surface area contributed by atoms with Gasteiger partial charge in [-0.15, -0.1) is 0 Å². The van der Waals surface area contributed by atoms with Crippen LogP contribution in [0.3, 0.4) is 0 Å². The number of anilines is 1. The number of carboxylic acids is 1. The Morgan fingerprint density at radius 1 is 0.690 bits per heavy atom. The van der Waals surface area contributed by atoms with Gasteiger partial charge in [-0.25, -0.2) is 4.79 Å². The van der Waals surface area contributed by atoms with Crippen LogP contribution in [0.15, 0.2) is 84.9 Å². The van der Waals surface area contributed by atoms with E-state index in [4.69, 9.17) is 5.11 Å². The van der Waals surface area contributed by atoms with Gasteiger partial charge in [0.25, 0.3) is 5.91 Å². The van der Waals surface area contributed by atoms with E-state index in [0.717, 1.165) is 16.5 Å². The van der Waals surface area contributed by atoms with Crippen LogP contribution in [0.5, 0.6) is 5.75 Å². The number of phenols is 1. The van der Waals surface area contributed by atoms with Crippen LogP contribution in [0.25, 0.3) is 21.9 Å². The van der Waals surface area contributed by atoms with E-state index in [2.05, 4.69) is 5.32 Å². The first-order valence-electron chi connectivity index (χ1n) is 8.99. The highest BCUT2D eigenvalue weighted by atomic mass is 16.4. The number of nitrogens with one attached hydrogen (secondary N) is 1. The number of hydrogen-bond donors (Lipinski definition) is 3. The van der Waals surface area contributed by atoms with Crippen LogP contribution >= 0.6 is 0 Å². The molecule has 5 nitrogen and oxygen atoms in total. The van der Waals surface area contributed by atoms with Crippen molar-refractivity contribution >= 4 is 28.3 Å². The predicted octanol–water partition coefficient (Wildman–Crippen LogP) is 5.16. The van der Waals surface area contributed by atoms with E-state index in [-0.39, 0.29) is 17.2 Å². The molecule has 0 spiro atoms. The molecule has 0 bridgehead atoms. The van der Waals surface area contributed by atoms with E-state index in [1.54, 1.807) is 54.6 Å². The molecule has 0 aliphatic rings. The summed E-state index contributed by atoms with van der Waals surface area (Å²) in [5.74, 6) is -1.14. The van der Waals surface area contributed by atoms with Crippen molar-refractivity contribution in [1.82, 2.24) is 0 Å². The summed E-state index contributed by atoms with van der Waals surface area (Å²) in [7, 11) is 0. The van der Waals surface area contributed by atoms with Gasteiger partial charge in [-0.2, -0.15) is 0 Å². The highest BCUT2D eigenvalue weighted by molar-refractivity contribution is 6.10. The molecule has 5 heteroatoms. The monoisotopic (exact) mass is 383 g/mol. The number of aromatic hydroxyl groups is 1. The summed E-state index contributed by atoms with van der Waals surface area (Å²) in [6, 6.07) is 24.3. The number of benzene rings is 4. The number of carboxylic acid groups (broad SMARTS) is 1. The number of carbonyl (C=O) groups is 2. The van der Waals surface area contributed by atoms with E-state index in [1.807, 2.05) is 30.3 Å². The van der Waals surface area contributed by atoms with Crippen LogP contribution in [-0.2, 0) is 0 Å². The maximum atomic E-state index is 12.7. The van der Waals surface area contributed by atoms with Crippen LogP contribution in [0.4, 0.5) is 5.69 Å². The Labute approximate surface area is 166 Å². The van der Waals surface area contributed by atoms with Gasteiger partial charge in [-0.1, -0.05) is 48.5 Å². The lowest BCUT2D eigenvalue weighted by Crippen LogP contribution is -2.12. The second kappa shape index (κ2) is 7.48. The smallest absolute Gasteiger partial charge is 0.335 e. The van der Waals surface area contributed by atoms with E-state index >= 15 is 0 Å². The molecule has 0 saturated carbocycles. The van der Waals surface area contributed by atoms with Crippen LogP contribution in [0.2, 0.25) is 0 Å². The molecule has 0 aliphatic heterocycles. The Hall–Kier alpha value is -4.12. The Balaban J connectivity index is 1.57. The molecule has 142 valence electrons. The van der Waals surface area contributed by atoms with E-state index in [1.165, 1.54) is 0 Å². The van der Waals surface area contributed by atoms with Gasteiger partial charge in [0.2, 0.25) is 0 Å². The summed E-state index contributed by atoms with van der Waals surface area (Å²) in [6.45, 7) is 0. The van der Waals surface area contributed by atoms with Crippen molar-refractivity contribution in [3.63, 3.8) is 0 Å². The highest BCUT2D eigenvalue weighted by Crippen LogP contribution is 2.31. The first-order chi connectivity index (χ1) is 14.0. The summed E-state index contributed by atoms with van der Waals surface area (Å²) >= 11 is 0. The highest BCUT2D eigenvalue weighted by Gasteiger charge is 2.11. The second-order valence-electron chi connectivity index (χ2n) is 6.59. The zero-order valence-corrected chi connectivity index (χ0v) is 15.3. The van der Waals surface area contributed by atoms with Crippen molar-refractivity contribution in [3.8, 4) is 16.9 Å². The summed E-state index contributed by atoms with van der Waals surface area (Å²) < 4.78 is 0. The van der Waals surface area contributed by atoms with Crippen molar-refractivity contribution < 1.29 is 19.8 Å². The zero-order valence-electron chi connectivity index (χ0n) is 15.3. The molecule has 0 unspecified atom stereocenters. The fourth-order valence-corrected chi connectivity index (χ4v) is 3.24. The van der Waals surface area contributed by atoms with Crippen LogP contribution < -0.4 is 5.32 Å². The first kappa shape index (κ1) is 18.3. The van der Waals surface area contributed by atoms with Crippen LogP contribution in [0, 0.1) is 0 Å². The number of amides is 1. The molecule has 0 aliphatic carbocycles. The normalized spacial score (nSPS) is 10.6. The molecule has 0 fully saturated rings. The Bertz CT molecular complexity index is 1210. The van der Waals surface area contributed by atoms with Crippen LogP contribution in [0.1, 0.15) is 20.7 Å². The number of carbonyl (C=O) groups excluding carboxylic acids is 1. The summed E-state index contributed by atoms with van der Waals surface area (Å²) in [5, 5.41) is 23.4. The average molecular weight is 383 g/mol. The van der Waals surface area contributed by atoms with Crippen molar-refractivity contribution in [2.45, 2.75) is 0 Å². The van der Waals surface area contributed by atoms with Crippen molar-refractivity contribution in [3.05, 3.63) is 96.1 Å². The first-order valence-corrected chi connectivity index (χ1v) is 8.99. The van der Waals surface area contributed by atoms with Gasteiger partial charge in [-0.05, 0) is 52.9 Å². The molecular formula is C24H17NO4. The SMILES string of the molecule is O=C(O)c1ccc(-c2ccc(C(=O)Nc3cccc4cccc(O)c34)cc2)cc1. The van der Waals surface area contributed by atoms with Crippen molar-refractivity contribution in [2.24, 2.45) is 0 Å². The molecule has 29 heavy (non-hydrogen) atoms. The molecule has 4 aromatic rings. The molecular weight excluding hydrogens is 366 g/mol. The van der Waals surface area contributed by atoms with Gasteiger partial charge >= 0.3 is 5.97 Å². The standard InChI is InChI=1S/C24H17NO4/c26-21-6-2-4-17-3-1-5-20(22(17)21)25-23(27)18-11-7-15(8-12-18)16-9-13-19(14-10-16)24(28)29/h1-14,26H,(H,25,27)(H,28,29). The third-order valence-corrected chi connectivity index (χ3v) is 4.74. The van der Waals surface area contributed by atoms with E-state index < -0.39 is 5.97 Å². The largest absolute Gasteiger partial charge is 0.507 e. The molecule has 0 radical (unpaired) electrons. The predicted molar refractivity (Wildman–Crippen MR) is 112 cm³/mol. The van der Waals surface area contributed by atoms with E-state index in [9.17, 15) is 14.7 Å². The molecule has 4 aromatic carbocycles. The number of rotatable bonds is 4. The average Bonchev–Trinajstić information content (AvgIpc) is 2.74. The fraction of sp³-hybridized carbons (Fsp3) is 0. The number of fused-ring (bicyclic) bond motifs is 1. The molecule has 1 amide bonds.